The molecule has 0 unspecified atom stereocenters. The molecule has 1 saturated heterocycles. The average Bonchev–Trinajstić information content (AvgIpc) is 3.28. The highest BCUT2D eigenvalue weighted by molar-refractivity contribution is 7.80. The van der Waals surface area contributed by atoms with Crippen LogP contribution in [-0.2, 0) is 0 Å². The Labute approximate surface area is 142 Å². The molecule has 3 heterocycles. The van der Waals surface area contributed by atoms with Crippen LogP contribution in [0, 0.1) is 13.8 Å². The highest BCUT2D eigenvalue weighted by Crippen LogP contribution is 2.43. The monoisotopic (exact) mass is 326 g/mol. The van der Waals surface area contributed by atoms with E-state index in [-0.39, 0.29) is 12.1 Å². The molecule has 2 aliphatic rings. The number of pyridine rings is 1. The van der Waals surface area contributed by atoms with E-state index in [1.807, 2.05) is 18.3 Å². The number of likely N-dealkylation sites (N-methyl/N-ethyl adjacent to an activating group) is 1. The highest BCUT2D eigenvalue weighted by atomic mass is 32.1. The molecule has 120 valence electrons. The summed E-state index contributed by atoms with van der Waals surface area (Å²) in [7, 11) is 2.08. The van der Waals surface area contributed by atoms with Gasteiger partial charge in [0.1, 0.15) is 0 Å². The van der Waals surface area contributed by atoms with Gasteiger partial charge in [-0.15, -0.1) is 0 Å². The van der Waals surface area contributed by atoms with Crippen molar-refractivity contribution in [3.63, 3.8) is 0 Å². The molecule has 1 N–H and O–H groups in total. The number of rotatable bonds is 3. The van der Waals surface area contributed by atoms with Gasteiger partial charge in [-0.2, -0.15) is 0 Å². The Kier molecular flexibility index (Phi) is 3.41. The lowest BCUT2D eigenvalue weighted by Crippen LogP contribution is -2.25. The van der Waals surface area contributed by atoms with Crippen LogP contribution in [0.3, 0.4) is 0 Å². The van der Waals surface area contributed by atoms with E-state index >= 15 is 0 Å². The van der Waals surface area contributed by atoms with Crippen LogP contribution in [0.15, 0.2) is 30.5 Å². The molecule has 4 rings (SSSR count). The lowest BCUT2D eigenvalue weighted by atomic mass is 9.97. The van der Waals surface area contributed by atoms with Gasteiger partial charge in [-0.25, -0.2) is 0 Å². The third kappa shape index (κ3) is 2.34. The largest absolute Gasteiger partial charge is 0.352 e. The van der Waals surface area contributed by atoms with Gasteiger partial charge in [0.2, 0.25) is 0 Å². The molecule has 2 aromatic rings. The van der Waals surface area contributed by atoms with Gasteiger partial charge in [0.25, 0.3) is 0 Å². The molecular formula is C18H22N4S. The van der Waals surface area contributed by atoms with E-state index in [1.165, 1.54) is 29.8 Å². The minimum atomic E-state index is 0.0989. The van der Waals surface area contributed by atoms with Crippen molar-refractivity contribution in [2.24, 2.45) is 0 Å². The number of hydrogen-bond acceptors (Lipinski definition) is 2. The van der Waals surface area contributed by atoms with Crippen molar-refractivity contribution in [2.75, 3.05) is 7.05 Å². The maximum Gasteiger partial charge on any atom is 0.169 e. The minimum absolute atomic E-state index is 0.0989. The van der Waals surface area contributed by atoms with Crippen LogP contribution >= 0.6 is 12.2 Å². The maximum atomic E-state index is 5.52. The van der Waals surface area contributed by atoms with Crippen molar-refractivity contribution in [1.82, 2.24) is 19.8 Å². The van der Waals surface area contributed by atoms with Crippen LogP contribution in [0.4, 0.5) is 0 Å². The Bertz CT molecular complexity index is 748. The molecule has 2 fully saturated rings. The topological polar surface area (TPSA) is 33.1 Å². The molecule has 2 aromatic heterocycles. The Hall–Kier alpha value is -1.88. The van der Waals surface area contributed by atoms with Crippen LogP contribution in [0.5, 0.6) is 0 Å². The first kappa shape index (κ1) is 14.7. The van der Waals surface area contributed by atoms with Gasteiger partial charge in [0, 0.05) is 30.7 Å². The molecule has 0 spiro atoms. The Morgan fingerprint density at radius 1 is 1.26 bits per heavy atom. The van der Waals surface area contributed by atoms with E-state index in [0.29, 0.717) is 6.04 Å². The zero-order valence-electron chi connectivity index (χ0n) is 13.8. The van der Waals surface area contributed by atoms with Crippen LogP contribution in [0.25, 0.3) is 0 Å². The first-order chi connectivity index (χ1) is 11.1. The number of aromatic nitrogens is 2. The molecule has 1 saturated carbocycles. The fraction of sp³-hybridized carbons (Fsp3) is 0.444. The van der Waals surface area contributed by atoms with Gasteiger partial charge < -0.3 is 14.8 Å². The number of aryl methyl sites for hydroxylation is 1. The van der Waals surface area contributed by atoms with Crippen LogP contribution in [-0.4, -0.2) is 26.6 Å². The van der Waals surface area contributed by atoms with Crippen molar-refractivity contribution in [1.29, 1.82) is 0 Å². The summed E-state index contributed by atoms with van der Waals surface area (Å²) in [5.74, 6) is 0. The van der Waals surface area contributed by atoms with Gasteiger partial charge in [0.05, 0.1) is 17.8 Å². The van der Waals surface area contributed by atoms with Crippen molar-refractivity contribution < 1.29 is 0 Å². The summed E-state index contributed by atoms with van der Waals surface area (Å²) in [6.07, 6.45) is 4.45. The van der Waals surface area contributed by atoms with Gasteiger partial charge in [-0.3, -0.25) is 4.98 Å². The van der Waals surface area contributed by atoms with E-state index < -0.39 is 0 Å². The molecule has 0 radical (unpaired) electrons. The molecule has 5 heteroatoms. The van der Waals surface area contributed by atoms with Gasteiger partial charge in [-0.05, 0) is 62.7 Å². The molecule has 2 atom stereocenters. The molecular weight excluding hydrogens is 304 g/mol. The first-order valence-electron chi connectivity index (χ1n) is 8.20. The Balaban J connectivity index is 1.79. The fourth-order valence-electron chi connectivity index (χ4n) is 3.84. The lowest BCUT2D eigenvalue weighted by molar-refractivity contribution is 0.366. The van der Waals surface area contributed by atoms with Crippen LogP contribution in [0.1, 0.15) is 53.6 Å². The Morgan fingerprint density at radius 2 is 2.04 bits per heavy atom. The molecule has 1 aliphatic heterocycles. The van der Waals surface area contributed by atoms with Crippen molar-refractivity contribution >= 4 is 17.3 Å². The summed E-state index contributed by atoms with van der Waals surface area (Å²) < 4.78 is 2.50. The fourth-order valence-corrected chi connectivity index (χ4v) is 4.08. The molecule has 0 aromatic carbocycles. The van der Waals surface area contributed by atoms with Gasteiger partial charge in [0.15, 0.2) is 5.11 Å². The number of nitrogens with zero attached hydrogens (tertiary/aromatic N) is 3. The van der Waals surface area contributed by atoms with E-state index in [2.05, 4.69) is 52.8 Å². The third-order valence-electron chi connectivity index (χ3n) is 5.09. The molecule has 0 amide bonds. The average molecular weight is 326 g/mol. The Morgan fingerprint density at radius 3 is 2.70 bits per heavy atom. The summed E-state index contributed by atoms with van der Waals surface area (Å²) in [6, 6.07) is 9.39. The van der Waals surface area contributed by atoms with Crippen LogP contribution < -0.4 is 5.32 Å². The van der Waals surface area contributed by atoms with E-state index in [9.17, 15) is 0 Å². The zero-order chi connectivity index (χ0) is 16.1. The number of nitrogens with one attached hydrogen (secondary N) is 1. The zero-order valence-corrected chi connectivity index (χ0v) is 14.6. The second-order valence-electron chi connectivity index (χ2n) is 6.67. The van der Waals surface area contributed by atoms with E-state index in [1.54, 1.807) is 0 Å². The summed E-state index contributed by atoms with van der Waals surface area (Å²) in [4.78, 5) is 6.73. The summed E-state index contributed by atoms with van der Waals surface area (Å²) >= 11 is 5.52. The molecule has 23 heavy (non-hydrogen) atoms. The SMILES string of the molecule is Cc1cc([C@H]2[C@@H](c3ccccn3)NC(=S)N2C)c(C)n1C1CC1. The second-order valence-corrected chi connectivity index (χ2v) is 7.05. The highest BCUT2D eigenvalue weighted by Gasteiger charge is 2.40. The summed E-state index contributed by atoms with van der Waals surface area (Å²) in [5.41, 5.74) is 5.13. The van der Waals surface area contributed by atoms with Crippen molar-refractivity contribution in [2.45, 2.75) is 44.8 Å². The molecule has 4 nitrogen and oxygen atoms in total. The van der Waals surface area contributed by atoms with Crippen molar-refractivity contribution in [3.8, 4) is 0 Å². The smallest absolute Gasteiger partial charge is 0.169 e. The van der Waals surface area contributed by atoms with E-state index in [0.717, 1.165) is 10.8 Å². The minimum Gasteiger partial charge on any atom is -0.352 e. The van der Waals surface area contributed by atoms with E-state index in [4.69, 9.17) is 12.2 Å². The van der Waals surface area contributed by atoms with Crippen LogP contribution in [0.2, 0.25) is 0 Å². The van der Waals surface area contributed by atoms with Crippen molar-refractivity contribution in [3.05, 3.63) is 53.1 Å². The normalized spacial score (nSPS) is 24.1. The lowest BCUT2D eigenvalue weighted by Gasteiger charge is -2.24. The standard InChI is InChI=1S/C18H22N4S/c1-11-10-14(12(2)22(11)13-7-8-13)17-16(20-18(23)21(17)3)15-6-4-5-9-19-15/h4-6,9-10,13,16-17H,7-8H2,1-3H3,(H,20,23)/t16-,17+/m1/s1. The quantitative estimate of drug-likeness (QED) is 0.876. The van der Waals surface area contributed by atoms with Gasteiger partial charge >= 0.3 is 0 Å². The summed E-state index contributed by atoms with van der Waals surface area (Å²) in [5, 5.41) is 4.25. The molecule has 1 aliphatic carbocycles. The third-order valence-corrected chi connectivity index (χ3v) is 5.50. The summed E-state index contributed by atoms with van der Waals surface area (Å²) in [6.45, 7) is 4.45. The predicted molar refractivity (Wildman–Crippen MR) is 95.4 cm³/mol. The van der Waals surface area contributed by atoms with Gasteiger partial charge in [-0.1, -0.05) is 6.07 Å². The number of thiocarbonyl (C=S) groups is 1. The number of hydrogen-bond donors (Lipinski definition) is 1. The second kappa shape index (κ2) is 5.34. The predicted octanol–water partition coefficient (Wildman–Crippen LogP) is 3.44. The maximum absolute atomic E-state index is 5.52. The first-order valence-corrected chi connectivity index (χ1v) is 8.61. The molecule has 0 bridgehead atoms.